The summed E-state index contributed by atoms with van der Waals surface area (Å²) in [6.45, 7) is 3.04. The maximum absolute atomic E-state index is 12.6. The Morgan fingerprint density at radius 3 is 2.71 bits per heavy atom. The second-order valence-electron chi connectivity index (χ2n) is 5.90. The Morgan fingerprint density at radius 1 is 1.12 bits per heavy atom. The standard InChI is InChI=1S/C18H17N5O/c1-13-7-8-14(11-19-13)18(24)22-10-9-17-16(12-22)20-21-23(17)15-5-3-2-4-6-15/h2-8,11H,9-10,12H2,1H3. The average molecular weight is 319 g/mol. The minimum absolute atomic E-state index is 0.0117. The molecule has 0 radical (unpaired) electrons. The Hall–Kier alpha value is -3.02. The van der Waals surface area contributed by atoms with Crippen LogP contribution in [-0.2, 0) is 13.0 Å². The largest absolute Gasteiger partial charge is 0.332 e. The van der Waals surface area contributed by atoms with Gasteiger partial charge in [0.2, 0.25) is 0 Å². The lowest BCUT2D eigenvalue weighted by Gasteiger charge is -2.26. The maximum atomic E-state index is 12.6. The van der Waals surface area contributed by atoms with Gasteiger partial charge in [-0.2, -0.15) is 0 Å². The van der Waals surface area contributed by atoms with E-state index in [1.165, 1.54) is 0 Å². The van der Waals surface area contributed by atoms with Crippen molar-refractivity contribution in [2.75, 3.05) is 6.54 Å². The summed E-state index contributed by atoms with van der Waals surface area (Å²) < 4.78 is 1.87. The lowest BCUT2D eigenvalue weighted by Crippen LogP contribution is -2.36. The molecule has 0 atom stereocenters. The molecule has 0 N–H and O–H groups in total. The van der Waals surface area contributed by atoms with Gasteiger partial charge in [0.25, 0.3) is 5.91 Å². The first kappa shape index (κ1) is 14.6. The fraction of sp³-hybridized carbons (Fsp3) is 0.222. The third-order valence-electron chi connectivity index (χ3n) is 4.25. The molecule has 1 amide bonds. The number of hydrogen-bond donors (Lipinski definition) is 0. The lowest BCUT2D eigenvalue weighted by atomic mass is 10.1. The summed E-state index contributed by atoms with van der Waals surface area (Å²) in [4.78, 5) is 18.6. The minimum atomic E-state index is -0.0117. The van der Waals surface area contributed by atoms with Crippen molar-refractivity contribution in [3.05, 3.63) is 71.3 Å². The van der Waals surface area contributed by atoms with Gasteiger partial charge in [-0.25, -0.2) is 4.68 Å². The van der Waals surface area contributed by atoms with Crippen molar-refractivity contribution in [2.45, 2.75) is 19.9 Å². The molecule has 4 rings (SSSR count). The van der Waals surface area contributed by atoms with Crippen LogP contribution in [0.2, 0.25) is 0 Å². The van der Waals surface area contributed by atoms with Gasteiger partial charge in [0.1, 0.15) is 5.69 Å². The molecule has 1 aromatic carbocycles. The second kappa shape index (κ2) is 5.88. The molecule has 0 unspecified atom stereocenters. The van der Waals surface area contributed by atoms with E-state index in [-0.39, 0.29) is 5.91 Å². The van der Waals surface area contributed by atoms with Crippen molar-refractivity contribution in [3.63, 3.8) is 0 Å². The van der Waals surface area contributed by atoms with E-state index in [0.717, 1.165) is 29.2 Å². The number of hydrogen-bond acceptors (Lipinski definition) is 4. The second-order valence-corrected chi connectivity index (χ2v) is 5.90. The first-order chi connectivity index (χ1) is 11.7. The number of carbonyl (C=O) groups excluding carboxylic acids is 1. The fourth-order valence-electron chi connectivity index (χ4n) is 2.93. The smallest absolute Gasteiger partial charge is 0.255 e. The van der Waals surface area contributed by atoms with Crippen LogP contribution in [0.5, 0.6) is 0 Å². The molecule has 2 aromatic heterocycles. The summed E-state index contributed by atoms with van der Waals surface area (Å²) in [5.41, 5.74) is 4.44. The number of carbonyl (C=O) groups is 1. The molecule has 0 spiro atoms. The first-order valence-electron chi connectivity index (χ1n) is 7.93. The number of fused-ring (bicyclic) bond motifs is 1. The van der Waals surface area contributed by atoms with Crippen molar-refractivity contribution in [2.24, 2.45) is 0 Å². The molecule has 6 heteroatoms. The molecule has 1 aliphatic heterocycles. The maximum Gasteiger partial charge on any atom is 0.255 e. The third-order valence-corrected chi connectivity index (χ3v) is 4.25. The monoisotopic (exact) mass is 319 g/mol. The number of pyridine rings is 1. The molecule has 0 saturated carbocycles. The Morgan fingerprint density at radius 2 is 1.96 bits per heavy atom. The van der Waals surface area contributed by atoms with Gasteiger partial charge in [-0.05, 0) is 31.2 Å². The van der Waals surface area contributed by atoms with Gasteiger partial charge in [-0.1, -0.05) is 23.4 Å². The van der Waals surface area contributed by atoms with E-state index in [0.29, 0.717) is 18.7 Å². The summed E-state index contributed by atoms with van der Waals surface area (Å²) in [6.07, 6.45) is 2.37. The number of benzene rings is 1. The first-order valence-corrected chi connectivity index (χ1v) is 7.93. The predicted molar refractivity (Wildman–Crippen MR) is 88.8 cm³/mol. The number of aromatic nitrogens is 4. The molecule has 3 heterocycles. The Labute approximate surface area is 139 Å². The quantitative estimate of drug-likeness (QED) is 0.726. The summed E-state index contributed by atoms with van der Waals surface area (Å²) in [5.74, 6) is -0.0117. The molecule has 0 saturated heterocycles. The van der Waals surface area contributed by atoms with Crippen molar-refractivity contribution in [3.8, 4) is 5.69 Å². The summed E-state index contributed by atoms with van der Waals surface area (Å²) in [5, 5.41) is 8.54. The molecule has 6 nitrogen and oxygen atoms in total. The zero-order chi connectivity index (χ0) is 16.5. The fourth-order valence-corrected chi connectivity index (χ4v) is 2.93. The van der Waals surface area contributed by atoms with Gasteiger partial charge in [0, 0.05) is 24.9 Å². The molecule has 24 heavy (non-hydrogen) atoms. The van der Waals surface area contributed by atoms with Crippen LogP contribution in [0.25, 0.3) is 5.69 Å². The van der Waals surface area contributed by atoms with Crippen molar-refractivity contribution in [1.29, 1.82) is 0 Å². The topological polar surface area (TPSA) is 63.9 Å². The van der Waals surface area contributed by atoms with Crippen LogP contribution >= 0.6 is 0 Å². The van der Waals surface area contributed by atoms with Crippen LogP contribution in [0, 0.1) is 6.92 Å². The molecule has 3 aromatic rings. The average Bonchev–Trinajstić information content (AvgIpc) is 3.05. The molecule has 120 valence electrons. The molecule has 0 aliphatic carbocycles. The molecule has 0 fully saturated rings. The van der Waals surface area contributed by atoms with Gasteiger partial charge in [-0.3, -0.25) is 9.78 Å². The van der Waals surface area contributed by atoms with E-state index in [2.05, 4.69) is 15.3 Å². The van der Waals surface area contributed by atoms with Crippen LogP contribution in [0.15, 0.2) is 48.7 Å². The van der Waals surface area contributed by atoms with Gasteiger partial charge in [0.05, 0.1) is 23.5 Å². The minimum Gasteiger partial charge on any atom is -0.332 e. The van der Waals surface area contributed by atoms with E-state index in [1.807, 2.05) is 54.1 Å². The predicted octanol–water partition coefficient (Wildman–Crippen LogP) is 2.17. The number of para-hydroxylation sites is 1. The highest BCUT2D eigenvalue weighted by Crippen LogP contribution is 2.21. The SMILES string of the molecule is Cc1ccc(C(=O)N2CCc3c(nnn3-c3ccccc3)C2)cn1. The van der Waals surface area contributed by atoms with E-state index >= 15 is 0 Å². The highest BCUT2D eigenvalue weighted by Gasteiger charge is 2.26. The van der Waals surface area contributed by atoms with Crippen LogP contribution in [-0.4, -0.2) is 37.3 Å². The highest BCUT2D eigenvalue weighted by molar-refractivity contribution is 5.94. The number of nitrogens with zero attached hydrogens (tertiary/aromatic N) is 5. The molecular formula is C18H17N5O. The molecule has 0 bridgehead atoms. The van der Waals surface area contributed by atoms with Gasteiger partial charge >= 0.3 is 0 Å². The van der Waals surface area contributed by atoms with Crippen LogP contribution in [0.3, 0.4) is 0 Å². The van der Waals surface area contributed by atoms with Gasteiger partial charge in [-0.15, -0.1) is 5.10 Å². The van der Waals surface area contributed by atoms with E-state index in [1.54, 1.807) is 11.1 Å². The Kier molecular flexibility index (Phi) is 3.57. The van der Waals surface area contributed by atoms with Gasteiger partial charge < -0.3 is 4.90 Å². The zero-order valence-electron chi connectivity index (χ0n) is 13.4. The van der Waals surface area contributed by atoms with E-state index in [9.17, 15) is 4.79 Å². The normalized spacial score (nSPS) is 13.6. The summed E-state index contributed by atoms with van der Waals surface area (Å²) >= 11 is 0. The molecular weight excluding hydrogens is 302 g/mol. The summed E-state index contributed by atoms with van der Waals surface area (Å²) in [6, 6.07) is 13.6. The summed E-state index contributed by atoms with van der Waals surface area (Å²) in [7, 11) is 0. The zero-order valence-corrected chi connectivity index (χ0v) is 13.4. The Bertz CT molecular complexity index is 870. The lowest BCUT2D eigenvalue weighted by molar-refractivity contribution is 0.0731. The van der Waals surface area contributed by atoms with Gasteiger partial charge in [0.15, 0.2) is 0 Å². The van der Waals surface area contributed by atoms with Crippen molar-refractivity contribution in [1.82, 2.24) is 24.9 Å². The number of aryl methyl sites for hydroxylation is 1. The molecule has 1 aliphatic rings. The van der Waals surface area contributed by atoms with Crippen molar-refractivity contribution < 1.29 is 4.79 Å². The highest BCUT2D eigenvalue weighted by atomic mass is 16.2. The third kappa shape index (κ3) is 2.56. The van der Waals surface area contributed by atoms with E-state index in [4.69, 9.17) is 0 Å². The number of rotatable bonds is 2. The van der Waals surface area contributed by atoms with E-state index < -0.39 is 0 Å². The Balaban J connectivity index is 1.58. The van der Waals surface area contributed by atoms with Crippen LogP contribution in [0.4, 0.5) is 0 Å². The van der Waals surface area contributed by atoms with Crippen LogP contribution in [0.1, 0.15) is 27.4 Å². The van der Waals surface area contributed by atoms with Crippen LogP contribution < -0.4 is 0 Å². The number of amides is 1. The van der Waals surface area contributed by atoms with Crippen molar-refractivity contribution >= 4 is 5.91 Å².